The van der Waals surface area contributed by atoms with Crippen molar-refractivity contribution in [3.05, 3.63) is 271 Å². The Labute approximate surface area is 898 Å². The van der Waals surface area contributed by atoms with Crippen molar-refractivity contribution < 1.29 is 217 Å². The van der Waals surface area contributed by atoms with Crippen molar-refractivity contribution >= 4 is 108 Å². The summed E-state index contributed by atoms with van der Waals surface area (Å²) in [6.07, 6.45) is 12.7. The monoisotopic (exact) mass is 1960 g/mol. The number of phenolic OH excluding ortho intramolecular Hbond substituents is 2. The number of rotatable bonds is 19. The summed E-state index contributed by atoms with van der Waals surface area (Å²) < 4.78 is 71.8. The quantitative estimate of drug-likeness (QED) is 0.00858. The van der Waals surface area contributed by atoms with Crippen molar-refractivity contribution in [2.75, 3.05) is 19.6 Å². The van der Waals surface area contributed by atoms with Gasteiger partial charge in [0.2, 0.25) is 14.2 Å². The molecule has 0 atom stereocenters. The van der Waals surface area contributed by atoms with E-state index in [2.05, 4.69) is 195 Å². The number of aldehydes is 1. The van der Waals surface area contributed by atoms with Gasteiger partial charge in [-0.25, -0.2) is 4.21 Å². The van der Waals surface area contributed by atoms with Crippen LogP contribution in [0, 0.1) is 6.92 Å². The minimum absolute atomic E-state index is 0. The summed E-state index contributed by atoms with van der Waals surface area (Å²) in [5.74, 6) is 6.53. The molecule has 126 heavy (non-hydrogen) atoms. The average molecular weight is 1960 g/mol. The van der Waals surface area contributed by atoms with E-state index in [4.69, 9.17) is 94.0 Å². The summed E-state index contributed by atoms with van der Waals surface area (Å²) in [5.41, 5.74) is 21.6. The standard InChI is InChI=1S/C13H17ClO.C13H18O2.C13H16O2.3C12H16O.C8H10O.C7H8O3S.C4H7Cl.C2H4Cl2O.CH2O3.B.Cl2OS.2K.Na.H2.2H/c3*1-4-9-5-10-7-13(2,3)15-12(10)11(6-9)8-14;1-4-9-5-6-11-10(7-9)8-12(2,3)13-11;1-4-11-5-7-12(8-6-11)13-9-10(2)3;1-4-10-5-6-12(13)11(8-10)7-9(2)3;1-2-7-3-5-8(9)6-4-7;1-6-2-4-7(5-3-6)11(8,9)10;1-4(2)3-5;1-5-2(3)4;2-1-4-3;;1-4(2)3;;;;;;/h5-6H,4,7-8H2,1-3H3;5-6,14H,4,7-8H2,1-3H3;5-6,8H,4,7H2,1-3H3;5-7H,4,8H2,1-3H3;5-8H,2,4,9H2,1,3H3;5-6,8,13H,2,4,7H2,1,3H3;3-6,9H,2H2,1H3;2-5H,1H3,(H,8,9,10);1,3H2,2H3;2H,1H3;1,3H;;;;;;1H;;/q;;;;;;;;;;;;;3*+1;;2*-1/p-1/i;;;;;;;;;;;;;;;;1+1;;. The van der Waals surface area contributed by atoms with E-state index >= 15 is 0 Å². The fraction of sp³-hybridized carbons (Fsp3) is 0.423. The third-order valence-electron chi connectivity index (χ3n) is 18.0. The van der Waals surface area contributed by atoms with E-state index in [1.165, 1.54) is 80.4 Å². The number of carbonyl (C=O) groups excluding carboxylic acids is 2. The summed E-state index contributed by atoms with van der Waals surface area (Å²) in [4.78, 5) is 22.1. The first-order chi connectivity index (χ1) is 57.1. The fourth-order valence-corrected chi connectivity index (χ4v) is 12.8. The zero-order valence-electron chi connectivity index (χ0n) is 80.3. The van der Waals surface area contributed by atoms with Crippen molar-refractivity contribution in [1.82, 2.24) is 0 Å². The van der Waals surface area contributed by atoms with E-state index in [9.17, 15) is 23.4 Å². The summed E-state index contributed by atoms with van der Waals surface area (Å²) in [7, 11) is 4.77. The molecule has 0 bridgehead atoms. The second-order valence-corrected chi connectivity index (χ2v) is 37.0. The molecule has 8 aromatic rings. The molecular formula is C97H133BCl6K2NaO17S2. The SMILES string of the molecule is C=C(C)CCl.C=C(C)COc1ccc(CC)cc1.C=C(C)Cc1cc(CC)ccc1O.CCc1cc(C=O)c2c(c1)CC(C)(C)O2.CCc1cc(CCl)c2c(c1)CC(C)(C)O2.CCc1cc(CO)c2c(c1)CC(C)(C)O2.CCc1ccc(O)cc1.CCc1ccc2c(c1)CC(C)(C)O2.COC(Cl)Cl.Cc1ccc(S(=O)(=O)O)cc1.O=CO[O-].O=S(Cl)Cl.[2HH].[B].[H-].[H-].[K+].[K+].[Na+]. The van der Waals surface area contributed by atoms with Crippen molar-refractivity contribution in [3.8, 4) is 40.2 Å². The summed E-state index contributed by atoms with van der Waals surface area (Å²) in [5, 5.41) is 35.5. The van der Waals surface area contributed by atoms with Gasteiger partial charge in [-0.15, -0.1) is 23.2 Å². The molecule has 8 aromatic carbocycles. The Morgan fingerprint density at radius 2 is 0.905 bits per heavy atom. The number of fused-ring (bicyclic) bond motifs is 4. The molecule has 4 aliphatic rings. The Morgan fingerprint density at radius 3 is 1.28 bits per heavy atom. The maximum Gasteiger partial charge on any atom is 1.00 e. The van der Waals surface area contributed by atoms with Gasteiger partial charge in [-0.2, -0.15) is 8.42 Å². The summed E-state index contributed by atoms with van der Waals surface area (Å²) in [6, 6.07) is 46.4. The molecule has 0 unspecified atom stereocenters. The largest absolute Gasteiger partial charge is 1.00 e. The number of aromatic hydroxyl groups is 2. The van der Waals surface area contributed by atoms with Crippen LogP contribution in [0.3, 0.4) is 0 Å². The van der Waals surface area contributed by atoms with Crippen molar-refractivity contribution in [3.63, 3.8) is 0 Å². The van der Waals surface area contributed by atoms with Crippen LogP contribution < -0.4 is 161 Å². The number of hydrogen-bond acceptors (Lipinski definition) is 16. The molecule has 29 heteroatoms. The van der Waals surface area contributed by atoms with E-state index in [1.54, 1.807) is 30.3 Å². The molecule has 0 saturated carbocycles. The van der Waals surface area contributed by atoms with Crippen LogP contribution in [0.1, 0.15) is 223 Å². The topological polar surface area (TPSA) is 254 Å². The van der Waals surface area contributed by atoms with Crippen LogP contribution in [0.2, 0.25) is 0 Å². The van der Waals surface area contributed by atoms with Crippen LogP contribution in [0.4, 0.5) is 0 Å². The molecule has 0 aromatic heterocycles. The van der Waals surface area contributed by atoms with Crippen molar-refractivity contribution in [1.29, 1.82) is 0 Å². The van der Waals surface area contributed by atoms with Gasteiger partial charge in [0.1, 0.15) is 69.3 Å². The third kappa shape index (κ3) is 53.0. The Hall–Kier alpha value is -3.26. The van der Waals surface area contributed by atoms with Gasteiger partial charge >= 0.3 is 132 Å². The van der Waals surface area contributed by atoms with E-state index in [-0.39, 0.29) is 185 Å². The van der Waals surface area contributed by atoms with Crippen LogP contribution in [-0.4, -0.2) is 101 Å². The zero-order valence-corrected chi connectivity index (χ0v) is 92.7. The Balaban J connectivity index is -0.000000255. The number of phenols is 2. The minimum atomic E-state index is -4.02. The van der Waals surface area contributed by atoms with E-state index in [1.807, 2.05) is 90.1 Å². The second-order valence-electron chi connectivity index (χ2n) is 31.5. The van der Waals surface area contributed by atoms with Crippen molar-refractivity contribution in [2.24, 2.45) is 0 Å². The first-order valence-corrected chi connectivity index (χ1v) is 46.4. The van der Waals surface area contributed by atoms with E-state index in [0.717, 1.165) is 151 Å². The number of benzene rings is 8. The molecule has 3 radical (unpaired) electrons. The van der Waals surface area contributed by atoms with Crippen LogP contribution in [0.5, 0.6) is 40.2 Å². The number of allylic oxidation sites excluding steroid dienone is 2. The van der Waals surface area contributed by atoms with Gasteiger partial charge in [-0.05, 0) is 267 Å². The molecule has 0 saturated heterocycles. The number of aliphatic hydroxyl groups is 1. The predicted octanol–water partition coefficient (Wildman–Crippen LogP) is 15.1. The number of methoxy groups -OCH3 is 1. The molecule has 4 heterocycles. The Morgan fingerprint density at radius 1 is 0.556 bits per heavy atom. The summed E-state index contributed by atoms with van der Waals surface area (Å²) in [6.45, 7) is 51.0. The smallest absolute Gasteiger partial charge is 1.00 e. The van der Waals surface area contributed by atoms with Gasteiger partial charge in [0.15, 0.2) is 6.29 Å². The van der Waals surface area contributed by atoms with Crippen LogP contribution in [0.15, 0.2) is 187 Å². The predicted molar refractivity (Wildman–Crippen MR) is 514 cm³/mol. The van der Waals surface area contributed by atoms with Crippen LogP contribution in [-0.2, 0) is 123 Å². The molecule has 4 N–H and O–H groups in total. The van der Waals surface area contributed by atoms with E-state index in [0.29, 0.717) is 35.4 Å². The maximum atomic E-state index is 11.0. The number of ether oxygens (including phenoxy) is 6. The number of alkyl halides is 4. The molecule has 0 fully saturated rings. The molecule has 0 aliphatic carbocycles. The molecular weight excluding hydrogens is 1830 g/mol. The van der Waals surface area contributed by atoms with Crippen LogP contribution >= 0.6 is 67.8 Å². The van der Waals surface area contributed by atoms with Gasteiger partial charge < -0.3 is 56.7 Å². The zero-order chi connectivity index (χ0) is 92.9. The van der Waals surface area contributed by atoms with Gasteiger partial charge in [0.05, 0.1) is 22.9 Å². The van der Waals surface area contributed by atoms with Gasteiger partial charge in [0, 0.05) is 81.0 Å². The molecule has 0 amide bonds. The molecule has 17 nitrogen and oxygen atoms in total. The first-order valence-electron chi connectivity index (χ1n) is 40.2. The van der Waals surface area contributed by atoms with Gasteiger partial charge in [-0.3, -0.25) is 14.1 Å². The number of aryl methyl sites for hydroxylation is 8. The number of hydrogen-bond donors (Lipinski definition) is 4. The van der Waals surface area contributed by atoms with E-state index < -0.39 is 24.4 Å². The molecule has 683 valence electrons. The average Bonchev–Trinajstić information content (AvgIpc) is 1.67. The number of halogens is 6. The Kier molecular flexibility index (Phi) is 68.6. The summed E-state index contributed by atoms with van der Waals surface area (Å²) >= 11 is 21.2. The van der Waals surface area contributed by atoms with Gasteiger partial charge in [-0.1, -0.05) is 193 Å². The molecule has 0 spiro atoms. The van der Waals surface area contributed by atoms with Gasteiger partial charge in [0.25, 0.3) is 16.6 Å². The number of aliphatic hydroxyl groups excluding tert-OH is 1. The molecule has 12 rings (SSSR count). The molecule has 4 aliphatic heterocycles. The fourth-order valence-electron chi connectivity index (χ4n) is 12.1. The Bertz CT molecular complexity index is 4630. The normalized spacial score (nSPS) is 12.8. The second kappa shape index (κ2) is 67.0. The minimum Gasteiger partial charge on any atom is -1.00 e. The maximum absolute atomic E-state index is 11.0. The van der Waals surface area contributed by atoms with Crippen LogP contribution in [0.25, 0.3) is 0 Å². The first kappa shape index (κ1) is 129. The number of carbonyl (C=O) groups is 2. The third-order valence-corrected chi connectivity index (χ3v) is 20.0. The van der Waals surface area contributed by atoms with Crippen molar-refractivity contribution in [2.45, 2.75) is 253 Å².